The number of ether oxygens (including phenoxy) is 2. The second-order valence-electron chi connectivity index (χ2n) is 3.42. The van der Waals surface area contributed by atoms with Gasteiger partial charge in [0.25, 0.3) is 0 Å². The highest BCUT2D eigenvalue weighted by Gasteiger charge is 2.09. The fourth-order valence-electron chi connectivity index (χ4n) is 1.29. The van der Waals surface area contributed by atoms with Gasteiger partial charge in [0.2, 0.25) is 11.8 Å². The second-order valence-corrected chi connectivity index (χ2v) is 4.28. The number of benzene rings is 1. The highest BCUT2D eigenvalue weighted by Crippen LogP contribution is 2.32. The van der Waals surface area contributed by atoms with Crippen molar-refractivity contribution in [3.8, 4) is 17.5 Å². The number of hydrogen-bond acceptors (Lipinski definition) is 4. The van der Waals surface area contributed by atoms with Crippen LogP contribution in [0.4, 0.5) is 10.1 Å². The minimum Gasteiger partial charge on any atom is -0.481 e. The lowest BCUT2D eigenvalue weighted by Gasteiger charge is -2.10. The van der Waals surface area contributed by atoms with Crippen LogP contribution in [0.15, 0.2) is 34.8 Å². The Bertz CT molecular complexity index is 578. The molecule has 1 heterocycles. The van der Waals surface area contributed by atoms with Crippen molar-refractivity contribution in [1.29, 1.82) is 0 Å². The zero-order valence-corrected chi connectivity index (χ0v) is 11.1. The SMILES string of the molecule is COc1ccc(N)c(Oc2cc(F)ccc2Br)n1. The molecule has 2 aromatic rings. The molecule has 94 valence electrons. The number of pyridine rings is 1. The fraction of sp³-hybridized carbons (Fsp3) is 0.0833. The number of rotatable bonds is 3. The Morgan fingerprint density at radius 1 is 1.28 bits per heavy atom. The van der Waals surface area contributed by atoms with Gasteiger partial charge in [0, 0.05) is 12.1 Å². The third kappa shape index (κ3) is 2.70. The molecule has 0 unspecified atom stereocenters. The van der Waals surface area contributed by atoms with Crippen LogP contribution in [0.1, 0.15) is 0 Å². The van der Waals surface area contributed by atoms with E-state index in [1.54, 1.807) is 18.2 Å². The summed E-state index contributed by atoms with van der Waals surface area (Å²) in [6.07, 6.45) is 0. The number of methoxy groups -OCH3 is 1. The predicted octanol–water partition coefficient (Wildman–Crippen LogP) is 3.37. The maximum absolute atomic E-state index is 13.1. The molecular formula is C12H10BrFN2O2. The second kappa shape index (κ2) is 5.22. The molecule has 0 saturated heterocycles. The normalized spacial score (nSPS) is 10.2. The number of nitrogens with zero attached hydrogens (tertiary/aromatic N) is 1. The monoisotopic (exact) mass is 312 g/mol. The molecule has 18 heavy (non-hydrogen) atoms. The first kappa shape index (κ1) is 12.6. The summed E-state index contributed by atoms with van der Waals surface area (Å²) in [5.74, 6) is 0.421. The highest BCUT2D eigenvalue weighted by atomic mass is 79.9. The van der Waals surface area contributed by atoms with E-state index in [1.807, 2.05) is 0 Å². The molecule has 0 spiro atoms. The molecular weight excluding hydrogens is 303 g/mol. The van der Waals surface area contributed by atoms with Crippen LogP contribution in [-0.2, 0) is 0 Å². The Morgan fingerprint density at radius 3 is 2.78 bits per heavy atom. The summed E-state index contributed by atoms with van der Waals surface area (Å²) in [5, 5.41) is 0. The molecule has 4 nitrogen and oxygen atoms in total. The summed E-state index contributed by atoms with van der Waals surface area (Å²) in [6, 6.07) is 7.32. The third-order valence-electron chi connectivity index (χ3n) is 2.17. The average Bonchev–Trinajstić information content (AvgIpc) is 2.36. The number of nitrogens with two attached hydrogens (primary N) is 1. The summed E-state index contributed by atoms with van der Waals surface area (Å²) in [5.41, 5.74) is 6.07. The zero-order valence-electron chi connectivity index (χ0n) is 9.48. The van der Waals surface area contributed by atoms with Gasteiger partial charge in [-0.15, -0.1) is 0 Å². The maximum atomic E-state index is 13.1. The van der Waals surface area contributed by atoms with Crippen LogP contribution in [0.5, 0.6) is 17.5 Å². The smallest absolute Gasteiger partial charge is 0.246 e. The molecule has 0 aliphatic heterocycles. The summed E-state index contributed by atoms with van der Waals surface area (Å²) in [4.78, 5) is 4.04. The van der Waals surface area contributed by atoms with Crippen molar-refractivity contribution in [1.82, 2.24) is 4.98 Å². The third-order valence-corrected chi connectivity index (χ3v) is 2.83. The Kier molecular flexibility index (Phi) is 3.66. The Morgan fingerprint density at radius 2 is 2.06 bits per heavy atom. The number of nitrogen functional groups attached to an aromatic ring is 1. The minimum absolute atomic E-state index is 0.167. The van der Waals surface area contributed by atoms with E-state index in [-0.39, 0.29) is 5.88 Å². The molecule has 0 atom stereocenters. The lowest BCUT2D eigenvalue weighted by molar-refractivity contribution is 0.383. The molecule has 0 aliphatic carbocycles. The molecule has 1 aromatic carbocycles. The van der Waals surface area contributed by atoms with Gasteiger partial charge in [0.05, 0.1) is 17.3 Å². The Hall–Kier alpha value is -1.82. The standard InChI is InChI=1S/C12H10BrFN2O2/c1-17-11-5-4-9(15)12(16-11)18-10-6-7(14)2-3-8(10)13/h2-6H,15H2,1H3. The van der Waals surface area contributed by atoms with Gasteiger partial charge in [0.15, 0.2) is 0 Å². The van der Waals surface area contributed by atoms with Gasteiger partial charge in [-0.2, -0.15) is 4.98 Å². The molecule has 0 fully saturated rings. The van der Waals surface area contributed by atoms with Crippen molar-refractivity contribution < 1.29 is 13.9 Å². The van der Waals surface area contributed by atoms with Crippen LogP contribution < -0.4 is 15.2 Å². The van der Waals surface area contributed by atoms with Crippen molar-refractivity contribution in [3.63, 3.8) is 0 Å². The topological polar surface area (TPSA) is 57.4 Å². The summed E-state index contributed by atoms with van der Waals surface area (Å²) >= 11 is 3.26. The van der Waals surface area contributed by atoms with Crippen LogP contribution in [0.25, 0.3) is 0 Å². The first-order valence-corrected chi connectivity index (χ1v) is 5.83. The molecule has 0 radical (unpaired) electrons. The molecule has 0 saturated carbocycles. The van der Waals surface area contributed by atoms with Gasteiger partial charge in [-0.3, -0.25) is 0 Å². The number of aromatic nitrogens is 1. The van der Waals surface area contributed by atoms with Crippen LogP contribution in [0.3, 0.4) is 0 Å². The van der Waals surface area contributed by atoms with Crippen LogP contribution in [0.2, 0.25) is 0 Å². The van der Waals surface area contributed by atoms with Gasteiger partial charge in [0.1, 0.15) is 11.6 Å². The number of halogens is 2. The van der Waals surface area contributed by atoms with Crippen molar-refractivity contribution in [3.05, 3.63) is 40.6 Å². The maximum Gasteiger partial charge on any atom is 0.246 e. The van der Waals surface area contributed by atoms with E-state index in [0.717, 1.165) is 0 Å². The first-order chi connectivity index (χ1) is 8.60. The van der Waals surface area contributed by atoms with Crippen LogP contribution >= 0.6 is 15.9 Å². The van der Waals surface area contributed by atoms with Crippen LogP contribution in [-0.4, -0.2) is 12.1 Å². The average molecular weight is 313 g/mol. The number of anilines is 1. The van der Waals surface area contributed by atoms with E-state index in [4.69, 9.17) is 15.2 Å². The first-order valence-electron chi connectivity index (χ1n) is 5.03. The molecule has 0 bridgehead atoms. The van der Waals surface area contributed by atoms with Gasteiger partial charge in [-0.1, -0.05) is 0 Å². The highest BCUT2D eigenvalue weighted by molar-refractivity contribution is 9.10. The van der Waals surface area contributed by atoms with Crippen molar-refractivity contribution >= 4 is 21.6 Å². The van der Waals surface area contributed by atoms with Gasteiger partial charge in [-0.25, -0.2) is 4.39 Å². The van der Waals surface area contributed by atoms with Crippen LogP contribution in [0, 0.1) is 5.82 Å². The van der Waals surface area contributed by atoms with E-state index in [0.29, 0.717) is 21.8 Å². The van der Waals surface area contributed by atoms with E-state index < -0.39 is 5.82 Å². The molecule has 2 N–H and O–H groups in total. The lowest BCUT2D eigenvalue weighted by Crippen LogP contribution is -1.97. The quantitative estimate of drug-likeness (QED) is 0.944. The van der Waals surface area contributed by atoms with E-state index in [1.165, 1.54) is 19.2 Å². The summed E-state index contributed by atoms with van der Waals surface area (Å²) in [6.45, 7) is 0. The molecule has 6 heteroatoms. The summed E-state index contributed by atoms with van der Waals surface area (Å²) < 4.78 is 24.2. The van der Waals surface area contributed by atoms with Gasteiger partial charge in [-0.05, 0) is 34.1 Å². The lowest BCUT2D eigenvalue weighted by atomic mass is 10.3. The minimum atomic E-state index is -0.408. The largest absolute Gasteiger partial charge is 0.481 e. The Balaban J connectivity index is 2.36. The number of hydrogen-bond donors (Lipinski definition) is 1. The van der Waals surface area contributed by atoms with Gasteiger partial charge >= 0.3 is 0 Å². The van der Waals surface area contributed by atoms with E-state index in [2.05, 4.69) is 20.9 Å². The predicted molar refractivity (Wildman–Crippen MR) is 69.4 cm³/mol. The molecule has 0 amide bonds. The molecule has 1 aromatic heterocycles. The molecule has 2 rings (SSSR count). The van der Waals surface area contributed by atoms with E-state index in [9.17, 15) is 4.39 Å². The fourth-order valence-corrected chi connectivity index (χ4v) is 1.62. The van der Waals surface area contributed by atoms with Crippen molar-refractivity contribution in [2.75, 3.05) is 12.8 Å². The van der Waals surface area contributed by atoms with Crippen molar-refractivity contribution in [2.24, 2.45) is 0 Å². The Labute approximate surface area is 112 Å². The summed E-state index contributed by atoms with van der Waals surface area (Å²) in [7, 11) is 1.49. The van der Waals surface area contributed by atoms with E-state index >= 15 is 0 Å². The zero-order chi connectivity index (χ0) is 13.1. The molecule has 0 aliphatic rings. The van der Waals surface area contributed by atoms with Crippen molar-refractivity contribution in [2.45, 2.75) is 0 Å². The van der Waals surface area contributed by atoms with Gasteiger partial charge < -0.3 is 15.2 Å².